The lowest BCUT2D eigenvalue weighted by Crippen LogP contribution is -2.27. The molecule has 0 saturated heterocycles. The Balaban J connectivity index is 2.35. The van der Waals surface area contributed by atoms with Crippen molar-refractivity contribution < 1.29 is 4.42 Å². The summed E-state index contributed by atoms with van der Waals surface area (Å²) in [5, 5.41) is 0. The molecule has 0 unspecified atom stereocenters. The van der Waals surface area contributed by atoms with Crippen LogP contribution < -0.4 is 11.3 Å². The molecule has 0 aliphatic heterocycles. The van der Waals surface area contributed by atoms with Gasteiger partial charge >= 0.3 is 0 Å². The van der Waals surface area contributed by atoms with Crippen LogP contribution in [-0.4, -0.2) is 0 Å². The molecule has 0 aliphatic carbocycles. The van der Waals surface area contributed by atoms with Crippen LogP contribution in [0.5, 0.6) is 0 Å². The second-order valence-corrected chi connectivity index (χ2v) is 3.23. The van der Waals surface area contributed by atoms with Gasteiger partial charge in [0, 0.05) is 0 Å². The minimum absolute atomic E-state index is 0.168. The van der Waals surface area contributed by atoms with Gasteiger partial charge in [0.05, 0.1) is 12.3 Å². The van der Waals surface area contributed by atoms with Gasteiger partial charge in [0.25, 0.3) is 0 Å². The maximum atomic E-state index is 5.44. The fourth-order valence-electron chi connectivity index (χ4n) is 1.40. The van der Waals surface area contributed by atoms with Gasteiger partial charge in [-0.3, -0.25) is 5.84 Å². The minimum atomic E-state index is 0.168. The number of hydrogen-bond acceptors (Lipinski definition) is 3. The van der Waals surface area contributed by atoms with Crippen molar-refractivity contribution in [3.05, 3.63) is 24.2 Å². The second-order valence-electron chi connectivity index (χ2n) is 3.23. The molecule has 0 saturated carbocycles. The SMILES string of the molecule is CCCCC[C@H](NN)c1ccco1. The van der Waals surface area contributed by atoms with Gasteiger partial charge in [-0.1, -0.05) is 26.2 Å². The van der Waals surface area contributed by atoms with E-state index in [4.69, 9.17) is 10.3 Å². The van der Waals surface area contributed by atoms with Crippen molar-refractivity contribution in [2.24, 2.45) is 5.84 Å². The standard InChI is InChI=1S/C10H18N2O/c1-2-3-4-6-9(12-11)10-7-5-8-13-10/h5,7-9,12H,2-4,6,11H2,1H3/t9-/m0/s1. The zero-order valence-corrected chi connectivity index (χ0v) is 8.12. The van der Waals surface area contributed by atoms with E-state index in [1.54, 1.807) is 6.26 Å². The van der Waals surface area contributed by atoms with Crippen LogP contribution in [0.1, 0.15) is 44.4 Å². The monoisotopic (exact) mass is 182 g/mol. The summed E-state index contributed by atoms with van der Waals surface area (Å²) in [6.07, 6.45) is 6.39. The van der Waals surface area contributed by atoms with Crippen LogP contribution in [0.15, 0.2) is 22.8 Å². The molecule has 74 valence electrons. The Bertz CT molecular complexity index is 209. The zero-order valence-electron chi connectivity index (χ0n) is 8.12. The number of hydrogen-bond donors (Lipinski definition) is 2. The van der Waals surface area contributed by atoms with Crippen molar-refractivity contribution in [2.75, 3.05) is 0 Å². The molecular formula is C10H18N2O. The highest BCUT2D eigenvalue weighted by Crippen LogP contribution is 2.18. The third-order valence-corrected chi connectivity index (χ3v) is 2.18. The molecule has 1 aromatic rings. The summed E-state index contributed by atoms with van der Waals surface area (Å²) >= 11 is 0. The van der Waals surface area contributed by atoms with Crippen LogP contribution in [0.3, 0.4) is 0 Å². The van der Waals surface area contributed by atoms with Crippen molar-refractivity contribution in [1.29, 1.82) is 0 Å². The molecule has 0 aromatic carbocycles. The van der Waals surface area contributed by atoms with Crippen molar-refractivity contribution in [3.63, 3.8) is 0 Å². The lowest BCUT2D eigenvalue weighted by molar-refractivity contribution is 0.390. The summed E-state index contributed by atoms with van der Waals surface area (Å²) in [6.45, 7) is 2.19. The first-order valence-corrected chi connectivity index (χ1v) is 4.88. The number of nitrogens with two attached hydrogens (primary N) is 1. The van der Waals surface area contributed by atoms with Crippen LogP contribution in [0.2, 0.25) is 0 Å². The third kappa shape index (κ3) is 3.20. The number of unbranched alkanes of at least 4 members (excludes halogenated alkanes) is 2. The maximum absolute atomic E-state index is 5.44. The van der Waals surface area contributed by atoms with Gasteiger partial charge in [-0.2, -0.15) is 0 Å². The highest BCUT2D eigenvalue weighted by atomic mass is 16.3. The molecule has 0 amide bonds. The Hall–Kier alpha value is -0.800. The summed E-state index contributed by atoms with van der Waals surface area (Å²) in [6, 6.07) is 4.01. The first kappa shape index (κ1) is 10.3. The largest absolute Gasteiger partial charge is 0.468 e. The normalized spacial score (nSPS) is 13.1. The smallest absolute Gasteiger partial charge is 0.122 e. The van der Waals surface area contributed by atoms with Gasteiger partial charge in [0.15, 0.2) is 0 Å². The number of nitrogens with one attached hydrogen (secondary N) is 1. The lowest BCUT2D eigenvalue weighted by Gasteiger charge is -2.12. The van der Waals surface area contributed by atoms with E-state index in [2.05, 4.69) is 12.3 Å². The van der Waals surface area contributed by atoms with E-state index < -0.39 is 0 Å². The van der Waals surface area contributed by atoms with Gasteiger partial charge in [-0.05, 0) is 18.6 Å². The highest BCUT2D eigenvalue weighted by Gasteiger charge is 2.10. The number of furan rings is 1. The molecule has 1 heterocycles. The highest BCUT2D eigenvalue weighted by molar-refractivity contribution is 5.03. The van der Waals surface area contributed by atoms with Crippen LogP contribution in [0, 0.1) is 0 Å². The Labute approximate surface area is 79.3 Å². The quantitative estimate of drug-likeness (QED) is 0.403. The van der Waals surface area contributed by atoms with Crippen LogP contribution in [0.4, 0.5) is 0 Å². The summed E-state index contributed by atoms with van der Waals surface area (Å²) in [5.41, 5.74) is 2.77. The van der Waals surface area contributed by atoms with E-state index in [0.29, 0.717) is 0 Å². The van der Waals surface area contributed by atoms with Gasteiger partial charge in [-0.15, -0.1) is 0 Å². The molecule has 1 atom stereocenters. The molecule has 0 spiro atoms. The molecule has 0 fully saturated rings. The molecule has 3 N–H and O–H groups in total. The molecule has 0 bridgehead atoms. The molecule has 1 aromatic heterocycles. The van der Waals surface area contributed by atoms with Gasteiger partial charge < -0.3 is 4.42 Å². The summed E-state index contributed by atoms with van der Waals surface area (Å²) in [7, 11) is 0. The third-order valence-electron chi connectivity index (χ3n) is 2.18. The fraction of sp³-hybridized carbons (Fsp3) is 0.600. The Morgan fingerprint density at radius 2 is 2.38 bits per heavy atom. The summed E-state index contributed by atoms with van der Waals surface area (Å²) < 4.78 is 5.27. The molecule has 0 aliphatic rings. The Kier molecular flexibility index (Phi) is 4.57. The number of rotatable bonds is 6. The molecule has 1 rings (SSSR count). The second kappa shape index (κ2) is 5.78. The summed E-state index contributed by atoms with van der Waals surface area (Å²) in [5.74, 6) is 6.37. The predicted octanol–water partition coefficient (Wildman–Crippen LogP) is 2.36. The van der Waals surface area contributed by atoms with E-state index in [1.807, 2.05) is 12.1 Å². The summed E-state index contributed by atoms with van der Waals surface area (Å²) in [4.78, 5) is 0. The van der Waals surface area contributed by atoms with E-state index in [1.165, 1.54) is 19.3 Å². The first-order valence-electron chi connectivity index (χ1n) is 4.88. The number of hydrazine groups is 1. The average molecular weight is 182 g/mol. The molecule has 3 heteroatoms. The van der Waals surface area contributed by atoms with Crippen molar-refractivity contribution in [2.45, 2.75) is 38.6 Å². The molecule has 0 radical (unpaired) electrons. The minimum Gasteiger partial charge on any atom is -0.468 e. The Morgan fingerprint density at radius 3 is 2.92 bits per heavy atom. The van der Waals surface area contributed by atoms with E-state index in [-0.39, 0.29) is 6.04 Å². The maximum Gasteiger partial charge on any atom is 0.122 e. The fourth-order valence-corrected chi connectivity index (χ4v) is 1.40. The van der Waals surface area contributed by atoms with Gasteiger partial charge in [-0.25, -0.2) is 5.43 Å². The van der Waals surface area contributed by atoms with Crippen LogP contribution in [-0.2, 0) is 0 Å². The van der Waals surface area contributed by atoms with Crippen molar-refractivity contribution in [1.82, 2.24) is 5.43 Å². The lowest BCUT2D eigenvalue weighted by atomic mass is 10.1. The van der Waals surface area contributed by atoms with Crippen molar-refractivity contribution >= 4 is 0 Å². The van der Waals surface area contributed by atoms with Crippen LogP contribution in [0.25, 0.3) is 0 Å². The molecular weight excluding hydrogens is 164 g/mol. The van der Waals surface area contributed by atoms with E-state index in [9.17, 15) is 0 Å². The van der Waals surface area contributed by atoms with Crippen LogP contribution >= 0.6 is 0 Å². The zero-order chi connectivity index (χ0) is 9.52. The van der Waals surface area contributed by atoms with Crippen molar-refractivity contribution in [3.8, 4) is 0 Å². The van der Waals surface area contributed by atoms with E-state index in [0.717, 1.165) is 12.2 Å². The average Bonchev–Trinajstić information content (AvgIpc) is 2.65. The predicted molar refractivity (Wildman–Crippen MR) is 52.9 cm³/mol. The van der Waals surface area contributed by atoms with Gasteiger partial charge in [0.2, 0.25) is 0 Å². The molecule has 13 heavy (non-hydrogen) atoms. The van der Waals surface area contributed by atoms with E-state index >= 15 is 0 Å². The first-order chi connectivity index (χ1) is 6.38. The van der Waals surface area contributed by atoms with Gasteiger partial charge in [0.1, 0.15) is 5.76 Å². The topological polar surface area (TPSA) is 51.2 Å². The Morgan fingerprint density at radius 1 is 1.54 bits per heavy atom. The molecule has 3 nitrogen and oxygen atoms in total.